The second-order valence-electron chi connectivity index (χ2n) is 3.96. The van der Waals surface area contributed by atoms with E-state index in [0.717, 1.165) is 5.56 Å². The van der Waals surface area contributed by atoms with Gasteiger partial charge in [0.2, 0.25) is 5.91 Å². The molecule has 0 saturated carbocycles. The van der Waals surface area contributed by atoms with E-state index in [1.54, 1.807) is 6.08 Å². The Morgan fingerprint density at radius 3 is 2.40 bits per heavy atom. The van der Waals surface area contributed by atoms with E-state index in [2.05, 4.69) is 5.32 Å². The Morgan fingerprint density at radius 1 is 1.30 bits per heavy atom. The van der Waals surface area contributed by atoms with Crippen molar-refractivity contribution in [3.8, 4) is 0 Å². The molecular weight excluding hydrogens is 280 g/mol. The molecule has 0 spiro atoms. The first-order valence-electron chi connectivity index (χ1n) is 5.99. The van der Waals surface area contributed by atoms with E-state index in [1.165, 1.54) is 14.2 Å². The third-order valence-electron chi connectivity index (χ3n) is 2.62. The van der Waals surface area contributed by atoms with Crippen LogP contribution in [0.25, 0.3) is 6.08 Å². The summed E-state index contributed by atoms with van der Waals surface area (Å²) in [6, 6.07) is 9.12. The third-order valence-corrected chi connectivity index (χ3v) is 2.62. The van der Waals surface area contributed by atoms with Gasteiger partial charge in [-0.05, 0) is 5.56 Å². The van der Waals surface area contributed by atoms with E-state index < -0.39 is 18.2 Å². The molecule has 3 N–H and O–H groups in total. The smallest absolute Gasteiger partial charge is 0.238 e. The fourth-order valence-electron chi connectivity index (χ4n) is 1.52. The number of hydrogen-bond acceptors (Lipinski definition) is 4. The summed E-state index contributed by atoms with van der Waals surface area (Å²) in [5.74, 6) is -0.446. The number of carbonyl (C=O) groups excluding carboxylic acids is 1. The van der Waals surface area contributed by atoms with Gasteiger partial charge in [0.05, 0.1) is 0 Å². The first-order valence-corrected chi connectivity index (χ1v) is 5.99. The van der Waals surface area contributed by atoms with Gasteiger partial charge in [-0.15, -0.1) is 12.4 Å². The molecule has 1 atom stereocenters. The van der Waals surface area contributed by atoms with Gasteiger partial charge in [-0.2, -0.15) is 0 Å². The molecule has 0 saturated heterocycles. The van der Waals surface area contributed by atoms with Crippen LogP contribution in [0.1, 0.15) is 5.56 Å². The lowest BCUT2D eigenvalue weighted by atomic mass is 10.1. The highest BCUT2D eigenvalue weighted by Gasteiger charge is 2.13. The highest BCUT2D eigenvalue weighted by Crippen LogP contribution is 2.02. The van der Waals surface area contributed by atoms with Crippen molar-refractivity contribution in [3.05, 3.63) is 42.0 Å². The van der Waals surface area contributed by atoms with Gasteiger partial charge in [0.25, 0.3) is 0 Å². The standard InChI is InChI=1S/C14H20N2O3.ClH/c1-18-13(19-2)10-16-12(14(15)17)9-8-11-6-4-3-5-7-11;/h3-9,12-13,16H,10H2,1-2H3,(H2,15,17);1H/b9-8+;. The Hall–Kier alpha value is -1.40. The van der Waals surface area contributed by atoms with Crippen LogP contribution >= 0.6 is 12.4 Å². The first kappa shape index (κ1) is 18.6. The van der Waals surface area contributed by atoms with E-state index >= 15 is 0 Å². The predicted molar refractivity (Wildman–Crippen MR) is 81.5 cm³/mol. The zero-order valence-electron chi connectivity index (χ0n) is 11.6. The van der Waals surface area contributed by atoms with Crippen molar-refractivity contribution in [2.45, 2.75) is 12.3 Å². The molecule has 20 heavy (non-hydrogen) atoms. The van der Waals surface area contributed by atoms with Crippen LogP contribution in [0.5, 0.6) is 0 Å². The molecule has 0 aromatic heterocycles. The number of primary amides is 1. The van der Waals surface area contributed by atoms with Crippen molar-refractivity contribution in [1.82, 2.24) is 5.32 Å². The minimum Gasteiger partial charge on any atom is -0.368 e. The number of methoxy groups -OCH3 is 2. The zero-order chi connectivity index (χ0) is 14.1. The topological polar surface area (TPSA) is 73.6 Å². The number of halogens is 1. The molecule has 5 nitrogen and oxygen atoms in total. The van der Waals surface area contributed by atoms with E-state index in [4.69, 9.17) is 15.2 Å². The maximum atomic E-state index is 11.3. The highest BCUT2D eigenvalue weighted by atomic mass is 35.5. The molecule has 1 amide bonds. The summed E-state index contributed by atoms with van der Waals surface area (Å²) in [4.78, 5) is 11.3. The Labute approximate surface area is 125 Å². The number of amides is 1. The Balaban J connectivity index is 0.00000361. The largest absolute Gasteiger partial charge is 0.368 e. The van der Waals surface area contributed by atoms with Gasteiger partial charge in [-0.1, -0.05) is 42.5 Å². The number of nitrogens with one attached hydrogen (secondary N) is 1. The summed E-state index contributed by atoms with van der Waals surface area (Å²) in [5, 5.41) is 2.98. The molecule has 0 fully saturated rings. The summed E-state index contributed by atoms with van der Waals surface area (Å²) in [5.41, 5.74) is 6.34. The summed E-state index contributed by atoms with van der Waals surface area (Å²) >= 11 is 0. The number of ether oxygens (including phenoxy) is 2. The number of carbonyl (C=O) groups is 1. The minimum atomic E-state index is -0.562. The maximum absolute atomic E-state index is 11.3. The van der Waals surface area contributed by atoms with Crippen LogP contribution in [0.15, 0.2) is 36.4 Å². The third kappa shape index (κ3) is 6.68. The Kier molecular flexibility index (Phi) is 9.67. The quantitative estimate of drug-likeness (QED) is 0.707. The van der Waals surface area contributed by atoms with Gasteiger partial charge in [-0.3, -0.25) is 10.1 Å². The molecule has 1 unspecified atom stereocenters. The monoisotopic (exact) mass is 300 g/mol. The lowest BCUT2D eigenvalue weighted by Gasteiger charge is -2.17. The molecule has 1 aromatic carbocycles. The Bertz CT molecular complexity index is 408. The molecule has 0 aliphatic carbocycles. The van der Waals surface area contributed by atoms with Gasteiger partial charge in [0.15, 0.2) is 6.29 Å². The Morgan fingerprint density at radius 2 is 1.90 bits per heavy atom. The molecule has 0 heterocycles. The van der Waals surface area contributed by atoms with Crippen LogP contribution in [0.2, 0.25) is 0 Å². The molecule has 0 bridgehead atoms. The second kappa shape index (κ2) is 10.4. The fraction of sp³-hybridized carbons (Fsp3) is 0.357. The van der Waals surface area contributed by atoms with Crippen molar-refractivity contribution >= 4 is 24.4 Å². The molecule has 0 aliphatic heterocycles. The van der Waals surface area contributed by atoms with Crippen LogP contribution < -0.4 is 11.1 Å². The van der Waals surface area contributed by atoms with Crippen molar-refractivity contribution < 1.29 is 14.3 Å². The summed E-state index contributed by atoms with van der Waals surface area (Å²) < 4.78 is 10.1. The molecule has 6 heteroatoms. The van der Waals surface area contributed by atoms with Crippen LogP contribution in [0, 0.1) is 0 Å². The van der Waals surface area contributed by atoms with Gasteiger partial charge in [-0.25, -0.2) is 0 Å². The molecule has 1 aromatic rings. The van der Waals surface area contributed by atoms with Crippen molar-refractivity contribution in [2.24, 2.45) is 5.73 Å². The lowest BCUT2D eigenvalue weighted by molar-refractivity contribution is -0.120. The maximum Gasteiger partial charge on any atom is 0.238 e. The van der Waals surface area contributed by atoms with Crippen LogP contribution in [0.3, 0.4) is 0 Å². The predicted octanol–water partition coefficient (Wildman–Crippen LogP) is 1.18. The van der Waals surface area contributed by atoms with Crippen LogP contribution in [-0.4, -0.2) is 39.0 Å². The van der Waals surface area contributed by atoms with E-state index in [1.807, 2.05) is 36.4 Å². The lowest BCUT2D eigenvalue weighted by Crippen LogP contribution is -2.43. The van der Waals surface area contributed by atoms with Crippen LogP contribution in [-0.2, 0) is 14.3 Å². The summed E-state index contributed by atoms with van der Waals surface area (Å²) in [6.07, 6.45) is 3.16. The average molecular weight is 301 g/mol. The molecule has 0 aliphatic rings. The first-order chi connectivity index (χ1) is 9.17. The van der Waals surface area contributed by atoms with E-state index in [9.17, 15) is 4.79 Å². The normalized spacial score (nSPS) is 12.3. The highest BCUT2D eigenvalue weighted by molar-refractivity contribution is 5.85. The average Bonchev–Trinajstić information content (AvgIpc) is 2.43. The SMILES string of the molecule is COC(CNC(/C=C/c1ccccc1)C(N)=O)OC.Cl. The molecular formula is C14H21ClN2O3. The van der Waals surface area contributed by atoms with Crippen molar-refractivity contribution in [1.29, 1.82) is 0 Å². The number of nitrogens with two attached hydrogens (primary N) is 1. The van der Waals surface area contributed by atoms with Gasteiger partial charge in [0, 0.05) is 20.8 Å². The number of rotatable bonds is 8. The van der Waals surface area contributed by atoms with E-state index in [0.29, 0.717) is 6.54 Å². The van der Waals surface area contributed by atoms with Gasteiger partial charge < -0.3 is 15.2 Å². The summed E-state index contributed by atoms with van der Waals surface area (Å²) in [6.45, 7) is 0.375. The molecule has 112 valence electrons. The molecule has 1 rings (SSSR count). The number of hydrogen-bond donors (Lipinski definition) is 2. The second-order valence-corrected chi connectivity index (χ2v) is 3.96. The molecule has 0 radical (unpaired) electrons. The van der Waals surface area contributed by atoms with Gasteiger partial charge in [0.1, 0.15) is 6.04 Å². The fourth-order valence-corrected chi connectivity index (χ4v) is 1.52. The van der Waals surface area contributed by atoms with Crippen LogP contribution in [0.4, 0.5) is 0 Å². The van der Waals surface area contributed by atoms with Gasteiger partial charge >= 0.3 is 0 Å². The number of benzene rings is 1. The minimum absolute atomic E-state index is 0. The summed E-state index contributed by atoms with van der Waals surface area (Å²) in [7, 11) is 3.07. The van der Waals surface area contributed by atoms with Crippen molar-refractivity contribution in [2.75, 3.05) is 20.8 Å². The van der Waals surface area contributed by atoms with Crippen molar-refractivity contribution in [3.63, 3.8) is 0 Å². The zero-order valence-corrected chi connectivity index (χ0v) is 12.4. The van der Waals surface area contributed by atoms with E-state index in [-0.39, 0.29) is 12.4 Å².